The van der Waals surface area contributed by atoms with Crippen LogP contribution in [0.15, 0.2) is 57.2 Å². The number of carbonyl (C=O) groups is 1. The summed E-state index contributed by atoms with van der Waals surface area (Å²) < 4.78 is 38.8. The first kappa shape index (κ1) is 18.9. The monoisotopic (exact) mass is 440 g/mol. The predicted octanol–water partition coefficient (Wildman–Crippen LogP) is 5.38. The quantitative estimate of drug-likeness (QED) is 0.475. The third-order valence-electron chi connectivity index (χ3n) is 3.61. The van der Waals surface area contributed by atoms with Gasteiger partial charge in [0.1, 0.15) is 0 Å². The van der Waals surface area contributed by atoms with Crippen molar-refractivity contribution in [2.75, 3.05) is 11.9 Å². The Hall–Kier alpha value is -2.88. The van der Waals surface area contributed by atoms with Crippen molar-refractivity contribution in [2.45, 2.75) is 6.18 Å². The van der Waals surface area contributed by atoms with Gasteiger partial charge < -0.3 is 15.4 Å². The average molecular weight is 441 g/mol. The van der Waals surface area contributed by atoms with Crippen molar-refractivity contribution in [1.29, 1.82) is 0 Å². The number of hydrogen-bond acceptors (Lipinski definition) is 4. The third kappa shape index (κ3) is 4.45. The number of azo groups is 1. The molecule has 0 bridgehead atoms. The Morgan fingerprint density at radius 3 is 2.74 bits per heavy atom. The Morgan fingerprint density at radius 2 is 2.00 bits per heavy atom. The largest absolute Gasteiger partial charge is 0.493 e. The Balaban J connectivity index is 1.70. The first-order valence-electron chi connectivity index (χ1n) is 7.60. The van der Waals surface area contributed by atoms with E-state index in [1.165, 1.54) is 12.1 Å². The number of anilines is 1. The molecule has 0 saturated carbocycles. The van der Waals surface area contributed by atoms with Crippen LogP contribution >= 0.6 is 15.9 Å². The number of nitrogens with zero attached hydrogens (tertiary/aromatic N) is 2. The number of aromatic nitrogens is 1. The van der Waals surface area contributed by atoms with Gasteiger partial charge in [-0.2, -0.15) is 13.2 Å². The Kier molecular flexibility index (Phi) is 5.17. The van der Waals surface area contributed by atoms with Gasteiger partial charge in [-0.05, 0) is 36.4 Å². The molecule has 140 valence electrons. The molecule has 0 spiro atoms. The molecule has 3 N–H and O–H groups in total. The van der Waals surface area contributed by atoms with Crippen molar-refractivity contribution in [3.05, 3.63) is 52.5 Å². The zero-order valence-corrected chi connectivity index (χ0v) is 15.1. The molecule has 0 aliphatic carbocycles. The molecular formula is C17H12BrF3N4O2. The van der Waals surface area contributed by atoms with Crippen LogP contribution in [0.2, 0.25) is 0 Å². The van der Waals surface area contributed by atoms with Crippen LogP contribution in [0.3, 0.4) is 0 Å². The summed E-state index contributed by atoms with van der Waals surface area (Å²) in [5.41, 5.74) is 0.0148. The number of nitrogens with one attached hydrogen (secondary N) is 2. The second kappa shape index (κ2) is 7.39. The molecule has 0 radical (unpaired) electrons. The van der Waals surface area contributed by atoms with Crippen molar-refractivity contribution in [3.63, 3.8) is 0 Å². The lowest BCUT2D eigenvalue weighted by atomic mass is 10.2. The summed E-state index contributed by atoms with van der Waals surface area (Å²) in [5.74, 6) is -0.957. The van der Waals surface area contributed by atoms with Gasteiger partial charge in [-0.25, -0.2) is 0 Å². The van der Waals surface area contributed by atoms with Gasteiger partial charge in [-0.1, -0.05) is 22.0 Å². The molecule has 10 heteroatoms. The van der Waals surface area contributed by atoms with Crippen LogP contribution in [0.1, 0.15) is 5.56 Å². The van der Waals surface area contributed by atoms with Crippen molar-refractivity contribution in [3.8, 4) is 5.88 Å². The van der Waals surface area contributed by atoms with Gasteiger partial charge in [0.05, 0.1) is 17.6 Å². The second-order valence-corrected chi connectivity index (χ2v) is 6.45. The van der Waals surface area contributed by atoms with Crippen LogP contribution in [0.4, 0.5) is 24.5 Å². The van der Waals surface area contributed by atoms with E-state index in [2.05, 4.69) is 36.5 Å². The number of benzene rings is 2. The minimum absolute atomic E-state index is 0.0960. The highest BCUT2D eigenvalue weighted by molar-refractivity contribution is 9.10. The summed E-state index contributed by atoms with van der Waals surface area (Å²) in [5, 5.41) is 20.3. The van der Waals surface area contributed by atoms with Gasteiger partial charge >= 0.3 is 6.18 Å². The van der Waals surface area contributed by atoms with Gasteiger partial charge in [0.15, 0.2) is 5.69 Å². The summed E-state index contributed by atoms with van der Waals surface area (Å²) >= 11 is 3.30. The summed E-state index contributed by atoms with van der Waals surface area (Å²) in [6, 6.07) is 9.66. The van der Waals surface area contributed by atoms with Gasteiger partial charge in [0, 0.05) is 15.5 Å². The van der Waals surface area contributed by atoms with Gasteiger partial charge in [-0.3, -0.25) is 4.79 Å². The Labute approximate surface area is 159 Å². The van der Waals surface area contributed by atoms with Gasteiger partial charge in [0.2, 0.25) is 5.88 Å². The number of hydrogen-bond donors (Lipinski definition) is 3. The van der Waals surface area contributed by atoms with Crippen LogP contribution < -0.4 is 5.32 Å². The number of aromatic amines is 1. The lowest BCUT2D eigenvalue weighted by molar-refractivity contribution is -0.137. The molecule has 0 unspecified atom stereocenters. The summed E-state index contributed by atoms with van der Waals surface area (Å²) in [6.07, 6.45) is -4.47. The molecule has 1 amide bonds. The molecule has 2 aromatic carbocycles. The topological polar surface area (TPSA) is 89.8 Å². The van der Waals surface area contributed by atoms with Crippen molar-refractivity contribution < 1.29 is 23.1 Å². The Bertz CT molecular complexity index is 1030. The van der Waals surface area contributed by atoms with E-state index < -0.39 is 17.6 Å². The average Bonchev–Trinajstić information content (AvgIpc) is 2.92. The third-order valence-corrected chi connectivity index (χ3v) is 4.10. The van der Waals surface area contributed by atoms with E-state index in [-0.39, 0.29) is 23.8 Å². The lowest BCUT2D eigenvalue weighted by Gasteiger charge is -2.09. The number of alkyl halides is 3. The SMILES string of the molecule is O=C(CNc1cccc(C(F)(F)F)c1)N=Nc1c(O)[nH]c2ccc(Br)cc12. The highest BCUT2D eigenvalue weighted by Crippen LogP contribution is 2.36. The van der Waals surface area contributed by atoms with E-state index in [4.69, 9.17) is 0 Å². The first-order valence-corrected chi connectivity index (χ1v) is 8.39. The molecule has 0 aliphatic rings. The number of aromatic hydroxyl groups is 1. The number of fused-ring (bicyclic) bond motifs is 1. The summed E-state index contributed by atoms with van der Waals surface area (Å²) in [4.78, 5) is 14.6. The fourth-order valence-electron chi connectivity index (χ4n) is 2.36. The number of amides is 1. The molecule has 3 rings (SSSR count). The van der Waals surface area contributed by atoms with Crippen molar-refractivity contribution in [1.82, 2.24) is 4.98 Å². The highest BCUT2D eigenvalue weighted by Gasteiger charge is 2.30. The smallest absolute Gasteiger partial charge is 0.416 e. The molecule has 0 fully saturated rings. The normalized spacial score (nSPS) is 12.0. The minimum Gasteiger partial charge on any atom is -0.493 e. The van der Waals surface area contributed by atoms with Crippen LogP contribution in [-0.2, 0) is 11.0 Å². The van der Waals surface area contributed by atoms with Gasteiger partial charge in [-0.15, -0.1) is 10.2 Å². The van der Waals surface area contributed by atoms with Crippen LogP contribution in [0.5, 0.6) is 5.88 Å². The van der Waals surface area contributed by atoms with E-state index in [1.807, 2.05) is 0 Å². The van der Waals surface area contributed by atoms with Crippen LogP contribution in [0.25, 0.3) is 10.9 Å². The van der Waals surface area contributed by atoms with E-state index in [0.717, 1.165) is 16.6 Å². The number of carbonyl (C=O) groups excluding carboxylic acids is 1. The van der Waals surface area contributed by atoms with Crippen LogP contribution in [-0.4, -0.2) is 22.5 Å². The standard InChI is InChI=1S/C17H12BrF3N4O2/c18-10-4-5-13-12(7-10)15(16(27)23-13)25-24-14(26)8-22-11-3-1-2-9(6-11)17(19,20)21/h1-7,22-23,27H,8H2. The maximum absolute atomic E-state index is 12.7. The van der Waals surface area contributed by atoms with E-state index >= 15 is 0 Å². The predicted molar refractivity (Wildman–Crippen MR) is 97.1 cm³/mol. The molecule has 27 heavy (non-hydrogen) atoms. The fraction of sp³-hybridized carbons (Fsp3) is 0.118. The highest BCUT2D eigenvalue weighted by atomic mass is 79.9. The molecule has 3 aromatic rings. The maximum Gasteiger partial charge on any atom is 0.416 e. The molecule has 1 heterocycles. The van der Waals surface area contributed by atoms with Crippen LogP contribution in [0, 0.1) is 0 Å². The van der Waals surface area contributed by atoms with E-state index in [0.29, 0.717) is 10.9 Å². The molecule has 0 aliphatic heterocycles. The zero-order valence-electron chi connectivity index (χ0n) is 13.5. The van der Waals surface area contributed by atoms with Crippen molar-refractivity contribution >= 4 is 44.1 Å². The molecular weight excluding hydrogens is 429 g/mol. The molecule has 0 saturated heterocycles. The zero-order chi connectivity index (χ0) is 19.6. The Morgan fingerprint density at radius 1 is 1.22 bits per heavy atom. The van der Waals surface area contributed by atoms with Crippen molar-refractivity contribution in [2.24, 2.45) is 10.2 Å². The lowest BCUT2D eigenvalue weighted by Crippen LogP contribution is -2.12. The minimum atomic E-state index is -4.47. The summed E-state index contributed by atoms with van der Waals surface area (Å²) in [7, 11) is 0. The first-order chi connectivity index (χ1) is 12.7. The number of rotatable bonds is 4. The second-order valence-electron chi connectivity index (χ2n) is 5.54. The number of H-pyrrole nitrogens is 1. The number of halogens is 4. The maximum atomic E-state index is 12.7. The molecule has 1 aromatic heterocycles. The van der Waals surface area contributed by atoms with E-state index in [9.17, 15) is 23.1 Å². The molecule has 6 nitrogen and oxygen atoms in total. The fourth-order valence-corrected chi connectivity index (χ4v) is 2.72. The van der Waals surface area contributed by atoms with Gasteiger partial charge in [0.25, 0.3) is 5.91 Å². The summed E-state index contributed by atoms with van der Waals surface area (Å²) in [6.45, 7) is -0.350. The van der Waals surface area contributed by atoms with E-state index in [1.54, 1.807) is 18.2 Å². The molecule has 0 atom stereocenters.